The van der Waals surface area contributed by atoms with Gasteiger partial charge in [0, 0.05) is 22.6 Å². The largest absolute Gasteiger partial charge is 0.456 e. The van der Waals surface area contributed by atoms with Crippen LogP contribution in [0.15, 0.2) is 120 Å². The Morgan fingerprint density at radius 3 is 1.71 bits per heavy atom. The molecule has 3 aliphatic rings. The van der Waals surface area contributed by atoms with Crippen LogP contribution in [0.4, 0.5) is 0 Å². The van der Waals surface area contributed by atoms with Crippen molar-refractivity contribution in [3.8, 4) is 40.5 Å². The summed E-state index contributed by atoms with van der Waals surface area (Å²) in [5.41, 5.74) is 14.4. The Bertz CT molecular complexity index is 2470. The Morgan fingerprint density at radius 1 is 0.467 bits per heavy atom. The van der Waals surface area contributed by atoms with Crippen LogP contribution >= 0.6 is 0 Å². The van der Waals surface area contributed by atoms with Gasteiger partial charge in [-0.2, -0.15) is 15.8 Å². The Kier molecular flexibility index (Phi) is 5.19. The van der Waals surface area contributed by atoms with Crippen molar-refractivity contribution in [1.29, 1.82) is 15.8 Å². The van der Waals surface area contributed by atoms with Gasteiger partial charge in [0.1, 0.15) is 11.2 Å². The van der Waals surface area contributed by atoms with Gasteiger partial charge in [-0.25, -0.2) is 0 Å². The van der Waals surface area contributed by atoms with Gasteiger partial charge in [-0.05, 0) is 104 Å². The molecule has 0 spiro atoms. The Balaban J connectivity index is 1.20. The minimum Gasteiger partial charge on any atom is -0.456 e. The Hall–Kier alpha value is -6.41. The predicted molar refractivity (Wildman–Crippen MR) is 174 cm³/mol. The van der Waals surface area contributed by atoms with E-state index < -0.39 is 0 Å². The van der Waals surface area contributed by atoms with E-state index >= 15 is 0 Å². The van der Waals surface area contributed by atoms with Crippen molar-refractivity contribution in [2.75, 3.05) is 0 Å². The molecule has 1 aromatic heterocycles. The number of hydrogen-bond acceptors (Lipinski definition) is 4. The summed E-state index contributed by atoms with van der Waals surface area (Å²) in [5.74, 6) is -0.196. The van der Waals surface area contributed by atoms with E-state index in [2.05, 4.69) is 72.8 Å². The molecule has 0 N–H and O–H groups in total. The van der Waals surface area contributed by atoms with Crippen molar-refractivity contribution in [3.63, 3.8) is 0 Å². The van der Waals surface area contributed by atoms with Crippen molar-refractivity contribution >= 4 is 21.9 Å². The van der Waals surface area contributed by atoms with Crippen LogP contribution in [0.2, 0.25) is 0 Å². The molecule has 206 valence electrons. The highest BCUT2D eigenvalue weighted by Gasteiger charge is 2.42. The van der Waals surface area contributed by atoms with Crippen molar-refractivity contribution < 1.29 is 4.42 Å². The summed E-state index contributed by atoms with van der Waals surface area (Å²) in [4.78, 5) is 0. The van der Waals surface area contributed by atoms with Gasteiger partial charge in [0.2, 0.25) is 0 Å². The molecule has 0 radical (unpaired) electrons. The number of benzene rings is 6. The smallest absolute Gasteiger partial charge is 0.136 e. The summed E-state index contributed by atoms with van der Waals surface area (Å²) < 4.78 is 6.12. The summed E-state index contributed by atoms with van der Waals surface area (Å²) in [7, 11) is 0. The van der Waals surface area contributed by atoms with Crippen LogP contribution < -0.4 is 0 Å². The van der Waals surface area contributed by atoms with Gasteiger partial charge in [0.25, 0.3) is 0 Å². The van der Waals surface area contributed by atoms with E-state index in [0.29, 0.717) is 16.7 Å². The van der Waals surface area contributed by atoms with Crippen LogP contribution in [0.5, 0.6) is 0 Å². The second-order valence-corrected chi connectivity index (χ2v) is 11.8. The lowest BCUT2D eigenvalue weighted by atomic mass is 9.60. The fourth-order valence-electron chi connectivity index (χ4n) is 7.63. The standard InChI is InChI=1S/C41H21N3O/c42-20-23-8-14-29-33(16-23)40-34-17-24(21-43)9-15-30(34)39(29)36-19-32(27(22-44)18-35(36)40)26-12-10-25(11-13-26)28-5-3-7-38-41(28)31-4-1-2-6-37(31)45-38/h1-19,39-40H. The second-order valence-electron chi connectivity index (χ2n) is 11.8. The highest BCUT2D eigenvalue weighted by atomic mass is 16.3. The minimum absolute atomic E-state index is 0.0479. The van der Waals surface area contributed by atoms with Crippen LogP contribution in [-0.4, -0.2) is 0 Å². The van der Waals surface area contributed by atoms with E-state index in [0.717, 1.165) is 60.9 Å². The van der Waals surface area contributed by atoms with Gasteiger partial charge in [0.05, 0.1) is 34.9 Å². The van der Waals surface area contributed by atoms with E-state index in [1.54, 1.807) is 0 Å². The molecule has 0 unspecified atom stereocenters. The maximum Gasteiger partial charge on any atom is 0.136 e. The molecule has 10 rings (SSSR count). The van der Waals surface area contributed by atoms with Crippen molar-refractivity contribution in [1.82, 2.24) is 0 Å². The molecule has 2 bridgehead atoms. The van der Waals surface area contributed by atoms with Crippen LogP contribution in [-0.2, 0) is 0 Å². The highest BCUT2D eigenvalue weighted by Crippen LogP contribution is 2.57. The molecule has 4 heteroatoms. The van der Waals surface area contributed by atoms with E-state index in [1.807, 2.05) is 60.7 Å². The van der Waals surface area contributed by atoms with E-state index in [1.165, 1.54) is 16.7 Å². The number of nitriles is 3. The average molecular weight is 572 g/mol. The minimum atomic E-state index is -0.148. The molecule has 0 saturated carbocycles. The first kappa shape index (κ1) is 25.1. The van der Waals surface area contributed by atoms with Gasteiger partial charge in [-0.15, -0.1) is 0 Å². The first-order valence-corrected chi connectivity index (χ1v) is 14.8. The zero-order chi connectivity index (χ0) is 30.2. The van der Waals surface area contributed by atoms with E-state index in [9.17, 15) is 15.8 Å². The van der Waals surface area contributed by atoms with Gasteiger partial charge < -0.3 is 4.42 Å². The first-order valence-electron chi connectivity index (χ1n) is 14.8. The number of furan rings is 1. The number of hydrogen-bond donors (Lipinski definition) is 0. The molecule has 0 amide bonds. The van der Waals surface area contributed by atoms with Crippen LogP contribution in [0.1, 0.15) is 61.9 Å². The fourth-order valence-corrected chi connectivity index (χ4v) is 7.63. The molecule has 4 nitrogen and oxygen atoms in total. The third kappa shape index (κ3) is 3.50. The number of para-hydroxylation sites is 1. The molecule has 0 aliphatic heterocycles. The predicted octanol–water partition coefficient (Wildman–Crippen LogP) is 9.52. The highest BCUT2D eigenvalue weighted by molar-refractivity contribution is 6.12. The van der Waals surface area contributed by atoms with Gasteiger partial charge in [-0.3, -0.25) is 0 Å². The lowest BCUT2D eigenvalue weighted by molar-refractivity contribution is 0.669. The molecule has 45 heavy (non-hydrogen) atoms. The Labute approximate surface area is 259 Å². The van der Waals surface area contributed by atoms with Crippen LogP contribution in [0.25, 0.3) is 44.2 Å². The van der Waals surface area contributed by atoms with Gasteiger partial charge >= 0.3 is 0 Å². The third-order valence-electron chi connectivity index (χ3n) is 9.55. The zero-order valence-electron chi connectivity index (χ0n) is 23.9. The fraction of sp³-hybridized carbons (Fsp3) is 0.0488. The summed E-state index contributed by atoms with van der Waals surface area (Å²) in [5, 5.41) is 31.9. The summed E-state index contributed by atoms with van der Waals surface area (Å²) in [6, 6.07) is 45.8. The molecule has 0 saturated heterocycles. The molecule has 1 heterocycles. The zero-order valence-corrected chi connectivity index (χ0v) is 23.9. The topological polar surface area (TPSA) is 84.5 Å². The summed E-state index contributed by atoms with van der Waals surface area (Å²) >= 11 is 0. The van der Waals surface area contributed by atoms with Crippen molar-refractivity contribution in [2.45, 2.75) is 11.8 Å². The number of rotatable bonds is 2. The van der Waals surface area contributed by atoms with Crippen LogP contribution in [0, 0.1) is 34.0 Å². The number of nitrogens with zero attached hydrogens (tertiary/aromatic N) is 3. The van der Waals surface area contributed by atoms with Gasteiger partial charge in [0.15, 0.2) is 0 Å². The van der Waals surface area contributed by atoms with E-state index in [-0.39, 0.29) is 11.8 Å². The SMILES string of the molecule is N#Cc1ccc2c(c1)C1c3cc(C#N)ccc3C2c2cc(-c3ccc(-c4cccc5oc6ccccc6c45)cc3)c(C#N)cc21. The molecular formula is C41H21N3O. The van der Waals surface area contributed by atoms with Crippen LogP contribution in [0.3, 0.4) is 0 Å². The number of fused-ring (bicyclic) bond motifs is 3. The molecule has 3 aliphatic carbocycles. The lowest BCUT2D eigenvalue weighted by Crippen LogP contribution is -2.28. The second kappa shape index (κ2) is 9.29. The monoisotopic (exact) mass is 571 g/mol. The van der Waals surface area contributed by atoms with Crippen molar-refractivity contribution in [2.24, 2.45) is 0 Å². The van der Waals surface area contributed by atoms with Gasteiger partial charge in [-0.1, -0.05) is 66.7 Å². The molecule has 6 aromatic carbocycles. The summed E-state index contributed by atoms with van der Waals surface area (Å²) in [6.07, 6.45) is 0. The maximum atomic E-state index is 10.4. The molecular weight excluding hydrogens is 550 g/mol. The normalized spacial score (nSPS) is 15.5. The third-order valence-corrected chi connectivity index (χ3v) is 9.55. The molecule has 0 atom stereocenters. The van der Waals surface area contributed by atoms with E-state index in [4.69, 9.17) is 4.42 Å². The molecule has 0 fully saturated rings. The Morgan fingerprint density at radius 2 is 1.04 bits per heavy atom. The molecule has 7 aromatic rings. The first-order chi connectivity index (χ1) is 22.2. The van der Waals surface area contributed by atoms with Crippen molar-refractivity contribution in [3.05, 3.63) is 165 Å². The maximum absolute atomic E-state index is 10.4. The quantitative estimate of drug-likeness (QED) is 0.207. The summed E-state index contributed by atoms with van der Waals surface area (Å²) in [6.45, 7) is 0. The lowest BCUT2D eigenvalue weighted by Gasteiger charge is -2.42. The average Bonchev–Trinajstić information content (AvgIpc) is 3.49.